The number of aryl methyl sites for hydroxylation is 2. The van der Waals surface area contributed by atoms with Crippen LogP contribution in [0.3, 0.4) is 0 Å². The molecule has 2 aromatic carbocycles. The number of hydrogen-bond donors (Lipinski definition) is 3. The number of nitrogens with one attached hydrogen (secondary N) is 3. The summed E-state index contributed by atoms with van der Waals surface area (Å²) < 4.78 is 5.39. The van der Waals surface area contributed by atoms with Crippen LogP contribution in [0.4, 0.5) is 11.6 Å². The number of carbonyl (C=O) groups is 2. The molecule has 0 bridgehead atoms. The van der Waals surface area contributed by atoms with Gasteiger partial charge in [-0.2, -0.15) is 0 Å². The van der Waals surface area contributed by atoms with Crippen molar-refractivity contribution in [2.75, 3.05) is 17.2 Å². The monoisotopic (exact) mass is 431 g/mol. The fraction of sp³-hybridized carbons (Fsp3) is 0.250. The number of benzene rings is 2. The summed E-state index contributed by atoms with van der Waals surface area (Å²) in [5.41, 5.74) is 4.79. The highest BCUT2D eigenvalue weighted by Gasteiger charge is 2.18. The standard InChI is InChI=1S/C24H25N5O3/c1-14-9-15(2)27-24(26-14)25-12-17-5-4-6-19(10-17)23(31)28-16(3)18-7-8-21-20(11-18)29-22(30)13-32-21/h4-11,16H,12-13H2,1-3H3,(H,28,31)(H,29,30)(H,25,26,27). The van der Waals surface area contributed by atoms with Crippen LogP contribution in [-0.2, 0) is 11.3 Å². The molecule has 0 aliphatic carbocycles. The summed E-state index contributed by atoms with van der Waals surface area (Å²) in [5, 5.41) is 9.00. The van der Waals surface area contributed by atoms with E-state index in [-0.39, 0.29) is 24.5 Å². The molecule has 0 spiro atoms. The molecular formula is C24H25N5O3. The second-order valence-electron chi connectivity index (χ2n) is 7.82. The molecule has 1 atom stereocenters. The van der Waals surface area contributed by atoms with Gasteiger partial charge < -0.3 is 20.7 Å². The van der Waals surface area contributed by atoms with Gasteiger partial charge in [0, 0.05) is 23.5 Å². The van der Waals surface area contributed by atoms with Crippen LogP contribution < -0.4 is 20.7 Å². The van der Waals surface area contributed by atoms with Crippen molar-refractivity contribution in [3.05, 3.63) is 76.6 Å². The summed E-state index contributed by atoms with van der Waals surface area (Å²) in [6, 6.07) is 14.6. The fourth-order valence-electron chi connectivity index (χ4n) is 3.54. The zero-order valence-corrected chi connectivity index (χ0v) is 18.2. The van der Waals surface area contributed by atoms with Crippen LogP contribution in [0.5, 0.6) is 5.75 Å². The van der Waals surface area contributed by atoms with Gasteiger partial charge >= 0.3 is 0 Å². The van der Waals surface area contributed by atoms with Gasteiger partial charge in [-0.3, -0.25) is 9.59 Å². The number of hydrogen-bond acceptors (Lipinski definition) is 6. The van der Waals surface area contributed by atoms with Gasteiger partial charge in [0.1, 0.15) is 5.75 Å². The second kappa shape index (κ2) is 9.05. The van der Waals surface area contributed by atoms with E-state index in [1.54, 1.807) is 12.1 Å². The van der Waals surface area contributed by atoms with Crippen LogP contribution in [-0.4, -0.2) is 28.4 Å². The SMILES string of the molecule is Cc1cc(C)nc(NCc2cccc(C(=O)NC(C)c3ccc4c(c3)NC(=O)CO4)c2)n1. The summed E-state index contributed by atoms with van der Waals surface area (Å²) in [7, 11) is 0. The zero-order valence-electron chi connectivity index (χ0n) is 18.2. The molecule has 1 unspecified atom stereocenters. The molecule has 0 saturated carbocycles. The van der Waals surface area contributed by atoms with E-state index in [0.717, 1.165) is 22.5 Å². The van der Waals surface area contributed by atoms with Crippen molar-refractivity contribution in [2.24, 2.45) is 0 Å². The first kappa shape index (κ1) is 21.3. The smallest absolute Gasteiger partial charge is 0.262 e. The topological polar surface area (TPSA) is 105 Å². The lowest BCUT2D eigenvalue weighted by Crippen LogP contribution is -2.28. The number of ether oxygens (including phenoxy) is 1. The van der Waals surface area contributed by atoms with Gasteiger partial charge in [-0.15, -0.1) is 0 Å². The minimum absolute atomic E-state index is 0.0133. The van der Waals surface area contributed by atoms with E-state index in [9.17, 15) is 9.59 Å². The number of amides is 2. The normalized spacial score (nSPS) is 13.4. The molecule has 0 saturated heterocycles. The van der Waals surface area contributed by atoms with Crippen LogP contribution in [0.15, 0.2) is 48.5 Å². The minimum Gasteiger partial charge on any atom is -0.482 e. The molecule has 1 aliphatic rings. The van der Waals surface area contributed by atoms with E-state index in [0.29, 0.717) is 29.5 Å². The number of carbonyl (C=O) groups excluding carboxylic acids is 2. The Morgan fingerprint density at radius 1 is 1.12 bits per heavy atom. The van der Waals surface area contributed by atoms with E-state index >= 15 is 0 Å². The van der Waals surface area contributed by atoms with Crippen molar-refractivity contribution in [1.29, 1.82) is 0 Å². The maximum absolute atomic E-state index is 12.8. The molecule has 32 heavy (non-hydrogen) atoms. The second-order valence-corrected chi connectivity index (χ2v) is 7.82. The Hall–Kier alpha value is -3.94. The fourth-order valence-corrected chi connectivity index (χ4v) is 3.54. The lowest BCUT2D eigenvalue weighted by atomic mass is 10.1. The van der Waals surface area contributed by atoms with Gasteiger partial charge in [0.05, 0.1) is 11.7 Å². The third-order valence-electron chi connectivity index (χ3n) is 5.11. The first-order valence-electron chi connectivity index (χ1n) is 10.4. The van der Waals surface area contributed by atoms with E-state index in [4.69, 9.17) is 4.74 Å². The molecule has 164 valence electrons. The lowest BCUT2D eigenvalue weighted by molar-refractivity contribution is -0.118. The largest absolute Gasteiger partial charge is 0.482 e. The summed E-state index contributed by atoms with van der Waals surface area (Å²) in [4.78, 5) is 33.2. The molecule has 2 amide bonds. The molecule has 3 N–H and O–H groups in total. The van der Waals surface area contributed by atoms with Gasteiger partial charge in [-0.05, 0) is 62.2 Å². The number of nitrogens with zero attached hydrogens (tertiary/aromatic N) is 2. The average Bonchev–Trinajstić information content (AvgIpc) is 2.76. The first-order valence-corrected chi connectivity index (χ1v) is 10.4. The number of anilines is 2. The highest BCUT2D eigenvalue weighted by atomic mass is 16.5. The van der Waals surface area contributed by atoms with Crippen LogP contribution in [0.2, 0.25) is 0 Å². The summed E-state index contributed by atoms with van der Waals surface area (Å²) in [6.45, 7) is 6.27. The van der Waals surface area contributed by atoms with E-state index in [2.05, 4.69) is 25.9 Å². The highest BCUT2D eigenvalue weighted by Crippen LogP contribution is 2.30. The molecule has 1 aliphatic heterocycles. The molecular weight excluding hydrogens is 406 g/mol. The number of fused-ring (bicyclic) bond motifs is 1. The third kappa shape index (κ3) is 5.03. The summed E-state index contributed by atoms with van der Waals surface area (Å²) in [6.07, 6.45) is 0. The van der Waals surface area contributed by atoms with Crippen molar-refractivity contribution in [2.45, 2.75) is 33.4 Å². The maximum atomic E-state index is 12.8. The van der Waals surface area contributed by atoms with Crippen LogP contribution in [0.25, 0.3) is 0 Å². The Kier molecular flexibility index (Phi) is 6.02. The molecule has 8 heteroatoms. The lowest BCUT2D eigenvalue weighted by Gasteiger charge is -2.21. The Balaban J connectivity index is 1.41. The van der Waals surface area contributed by atoms with Gasteiger partial charge in [0.2, 0.25) is 5.95 Å². The Morgan fingerprint density at radius 2 is 1.91 bits per heavy atom. The zero-order chi connectivity index (χ0) is 22.7. The Bertz CT molecular complexity index is 1160. The van der Waals surface area contributed by atoms with Crippen molar-refractivity contribution in [3.8, 4) is 5.75 Å². The summed E-state index contributed by atoms with van der Waals surface area (Å²) >= 11 is 0. The van der Waals surface area contributed by atoms with Crippen molar-refractivity contribution in [1.82, 2.24) is 15.3 Å². The van der Waals surface area contributed by atoms with Gasteiger partial charge in [0.25, 0.3) is 11.8 Å². The molecule has 1 aromatic heterocycles. The predicted molar refractivity (Wildman–Crippen MR) is 122 cm³/mol. The van der Waals surface area contributed by atoms with Crippen molar-refractivity contribution in [3.63, 3.8) is 0 Å². The van der Waals surface area contributed by atoms with Crippen molar-refractivity contribution >= 4 is 23.5 Å². The van der Waals surface area contributed by atoms with Gasteiger partial charge in [-0.1, -0.05) is 18.2 Å². The molecule has 4 rings (SSSR count). The molecule has 0 radical (unpaired) electrons. The molecule has 3 aromatic rings. The van der Waals surface area contributed by atoms with E-state index < -0.39 is 0 Å². The van der Waals surface area contributed by atoms with Crippen LogP contribution in [0, 0.1) is 13.8 Å². The maximum Gasteiger partial charge on any atom is 0.262 e. The van der Waals surface area contributed by atoms with Gasteiger partial charge in [0.15, 0.2) is 6.61 Å². The Labute approximate surface area is 186 Å². The average molecular weight is 431 g/mol. The van der Waals surface area contributed by atoms with Gasteiger partial charge in [-0.25, -0.2) is 9.97 Å². The summed E-state index contributed by atoms with van der Waals surface area (Å²) in [5.74, 6) is 0.817. The highest BCUT2D eigenvalue weighted by molar-refractivity contribution is 5.96. The number of rotatable bonds is 6. The molecule has 8 nitrogen and oxygen atoms in total. The third-order valence-corrected chi connectivity index (χ3v) is 5.11. The van der Waals surface area contributed by atoms with E-state index in [1.165, 1.54) is 0 Å². The predicted octanol–water partition coefficient (Wildman–Crippen LogP) is 3.53. The number of aromatic nitrogens is 2. The van der Waals surface area contributed by atoms with Crippen LogP contribution >= 0.6 is 0 Å². The van der Waals surface area contributed by atoms with Crippen LogP contribution in [0.1, 0.15) is 45.8 Å². The molecule has 0 fully saturated rings. The molecule has 2 heterocycles. The Morgan fingerprint density at radius 3 is 2.69 bits per heavy atom. The first-order chi connectivity index (χ1) is 15.4. The van der Waals surface area contributed by atoms with Crippen molar-refractivity contribution < 1.29 is 14.3 Å². The minimum atomic E-state index is -0.253. The quantitative estimate of drug-likeness (QED) is 0.552. The van der Waals surface area contributed by atoms with E-state index in [1.807, 2.05) is 57.2 Å².